The van der Waals surface area contributed by atoms with Crippen molar-refractivity contribution in [3.63, 3.8) is 0 Å². The van der Waals surface area contributed by atoms with Crippen LogP contribution in [0.25, 0.3) is 10.9 Å². The van der Waals surface area contributed by atoms with Crippen molar-refractivity contribution in [1.29, 1.82) is 0 Å². The van der Waals surface area contributed by atoms with E-state index in [0.29, 0.717) is 11.9 Å². The van der Waals surface area contributed by atoms with Crippen LogP contribution in [0.5, 0.6) is 0 Å². The predicted octanol–water partition coefficient (Wildman–Crippen LogP) is 2.93. The molecule has 0 aliphatic heterocycles. The van der Waals surface area contributed by atoms with E-state index in [9.17, 15) is 4.79 Å². The number of carbonyl (C=O) groups excluding carboxylic acids is 1. The highest BCUT2D eigenvalue weighted by Gasteiger charge is 2.05. The second-order valence-electron chi connectivity index (χ2n) is 7.08. The number of hydrogen-bond acceptors (Lipinski definition) is 2. The van der Waals surface area contributed by atoms with E-state index < -0.39 is 0 Å². The minimum absolute atomic E-state index is 0. The lowest BCUT2D eigenvalue weighted by atomic mass is 10.2. The lowest BCUT2D eigenvalue weighted by Crippen LogP contribution is -2.40. The highest BCUT2D eigenvalue weighted by molar-refractivity contribution is 14.0. The fourth-order valence-electron chi connectivity index (χ4n) is 2.55. The summed E-state index contributed by atoms with van der Waals surface area (Å²) >= 11 is 0. The van der Waals surface area contributed by atoms with Gasteiger partial charge >= 0.3 is 0 Å². The number of benzene rings is 1. The number of guanidine groups is 1. The van der Waals surface area contributed by atoms with Crippen LogP contribution < -0.4 is 10.6 Å². The number of fused-ring (bicyclic) bond motifs is 1. The molecule has 0 saturated heterocycles. The molecule has 7 heteroatoms. The molecule has 0 fully saturated rings. The number of para-hydroxylation sites is 1. The van der Waals surface area contributed by atoms with Crippen LogP contribution in [0.1, 0.15) is 20.3 Å². The Kier molecular flexibility index (Phi) is 10.2. The van der Waals surface area contributed by atoms with Crippen molar-refractivity contribution in [3.8, 4) is 0 Å². The molecule has 0 aliphatic carbocycles. The first-order valence-electron chi connectivity index (χ1n) is 9.23. The molecule has 27 heavy (non-hydrogen) atoms. The molecule has 1 heterocycles. The molecule has 0 aliphatic rings. The third kappa shape index (κ3) is 7.78. The molecule has 1 aromatic heterocycles. The van der Waals surface area contributed by atoms with Crippen LogP contribution in [0.3, 0.4) is 0 Å². The minimum atomic E-state index is -0.00513. The van der Waals surface area contributed by atoms with Crippen molar-refractivity contribution < 1.29 is 4.79 Å². The average molecular weight is 485 g/mol. The number of likely N-dealkylation sites (N-methyl/N-ethyl adjacent to an activating group) is 1. The fourth-order valence-corrected chi connectivity index (χ4v) is 2.55. The smallest absolute Gasteiger partial charge is 0.243 e. The summed E-state index contributed by atoms with van der Waals surface area (Å²) in [5, 5.41) is 7.90. The quantitative estimate of drug-likeness (QED) is 0.262. The van der Waals surface area contributed by atoms with Crippen LogP contribution >= 0.6 is 24.0 Å². The van der Waals surface area contributed by atoms with Gasteiger partial charge in [0.2, 0.25) is 5.91 Å². The van der Waals surface area contributed by atoms with Gasteiger partial charge in [0.25, 0.3) is 0 Å². The lowest BCUT2D eigenvalue weighted by molar-refractivity contribution is -0.127. The SMILES string of the molecule is CC(C)CNC(=NCC(=O)N(C)C)NCCCn1ccc2ccccc21.I. The van der Waals surface area contributed by atoms with Crippen molar-refractivity contribution in [1.82, 2.24) is 20.1 Å². The zero-order valence-corrected chi connectivity index (χ0v) is 19.1. The second-order valence-corrected chi connectivity index (χ2v) is 7.08. The van der Waals surface area contributed by atoms with Crippen molar-refractivity contribution in [2.75, 3.05) is 33.7 Å². The molecule has 2 rings (SSSR count). The monoisotopic (exact) mass is 485 g/mol. The van der Waals surface area contributed by atoms with Crippen molar-refractivity contribution in [2.24, 2.45) is 10.9 Å². The number of amides is 1. The van der Waals surface area contributed by atoms with Gasteiger partial charge in [0, 0.05) is 45.4 Å². The van der Waals surface area contributed by atoms with Crippen molar-refractivity contribution in [2.45, 2.75) is 26.8 Å². The van der Waals surface area contributed by atoms with Gasteiger partial charge in [-0.05, 0) is 29.9 Å². The van der Waals surface area contributed by atoms with Gasteiger partial charge < -0.3 is 20.1 Å². The van der Waals surface area contributed by atoms with Crippen LogP contribution in [0.15, 0.2) is 41.5 Å². The normalized spacial score (nSPS) is 11.4. The number of nitrogens with one attached hydrogen (secondary N) is 2. The van der Waals surface area contributed by atoms with Gasteiger partial charge in [-0.1, -0.05) is 32.0 Å². The molecule has 1 aromatic carbocycles. The van der Waals surface area contributed by atoms with Crippen LogP contribution in [-0.4, -0.2) is 55.1 Å². The van der Waals surface area contributed by atoms with E-state index in [-0.39, 0.29) is 36.4 Å². The first kappa shape index (κ1) is 23.3. The molecular formula is C20H32IN5O. The van der Waals surface area contributed by atoms with Gasteiger partial charge in [-0.15, -0.1) is 24.0 Å². The summed E-state index contributed by atoms with van der Waals surface area (Å²) in [5.41, 5.74) is 1.26. The van der Waals surface area contributed by atoms with Crippen molar-refractivity contribution in [3.05, 3.63) is 36.5 Å². The van der Waals surface area contributed by atoms with E-state index in [2.05, 4.69) is 70.6 Å². The number of carbonyl (C=O) groups is 1. The molecule has 0 bridgehead atoms. The van der Waals surface area contributed by atoms with Gasteiger partial charge in [-0.25, -0.2) is 4.99 Å². The maximum absolute atomic E-state index is 11.8. The zero-order chi connectivity index (χ0) is 18.9. The van der Waals surface area contributed by atoms with Gasteiger partial charge in [-0.2, -0.15) is 0 Å². The third-order valence-electron chi connectivity index (χ3n) is 4.10. The Bertz CT molecular complexity index is 739. The third-order valence-corrected chi connectivity index (χ3v) is 4.10. The Morgan fingerprint density at radius 3 is 2.63 bits per heavy atom. The Morgan fingerprint density at radius 2 is 1.93 bits per heavy atom. The van der Waals surface area contributed by atoms with Crippen LogP contribution in [0, 0.1) is 5.92 Å². The van der Waals surface area contributed by atoms with Crippen LogP contribution in [0.4, 0.5) is 0 Å². The van der Waals surface area contributed by atoms with Gasteiger partial charge in [0.05, 0.1) is 0 Å². The molecule has 2 N–H and O–H groups in total. The summed E-state index contributed by atoms with van der Waals surface area (Å²) in [6.07, 6.45) is 3.11. The number of aromatic nitrogens is 1. The Morgan fingerprint density at radius 1 is 1.19 bits per heavy atom. The Labute approximate surface area is 179 Å². The Hall–Kier alpha value is -1.77. The molecule has 6 nitrogen and oxygen atoms in total. The van der Waals surface area contributed by atoms with Gasteiger partial charge in [0.15, 0.2) is 5.96 Å². The molecule has 0 atom stereocenters. The lowest BCUT2D eigenvalue weighted by Gasteiger charge is -2.15. The largest absolute Gasteiger partial charge is 0.356 e. The molecule has 1 amide bonds. The highest BCUT2D eigenvalue weighted by Crippen LogP contribution is 2.15. The summed E-state index contributed by atoms with van der Waals surface area (Å²) < 4.78 is 2.27. The van der Waals surface area contributed by atoms with Gasteiger partial charge in [0.1, 0.15) is 6.54 Å². The first-order valence-corrected chi connectivity index (χ1v) is 9.23. The number of nitrogens with zero attached hydrogens (tertiary/aromatic N) is 3. The molecule has 0 saturated carbocycles. The summed E-state index contributed by atoms with van der Waals surface area (Å²) in [4.78, 5) is 17.7. The number of rotatable bonds is 8. The Balaban J connectivity index is 0.00000364. The summed E-state index contributed by atoms with van der Waals surface area (Å²) in [7, 11) is 3.49. The number of halogens is 1. The molecular weight excluding hydrogens is 453 g/mol. The minimum Gasteiger partial charge on any atom is -0.356 e. The number of hydrogen-bond donors (Lipinski definition) is 2. The standard InChI is InChI=1S/C20H31N5O.HI/c1-16(2)14-22-20(23-15-19(26)24(3)4)21-11-7-12-25-13-10-17-8-5-6-9-18(17)25;/h5-6,8-10,13,16H,7,11-12,14-15H2,1-4H3,(H2,21,22,23);1H. The molecule has 0 radical (unpaired) electrons. The summed E-state index contributed by atoms with van der Waals surface area (Å²) in [6.45, 7) is 7.01. The van der Waals surface area contributed by atoms with E-state index in [4.69, 9.17) is 0 Å². The summed E-state index contributed by atoms with van der Waals surface area (Å²) in [5.74, 6) is 1.21. The molecule has 2 aromatic rings. The second kappa shape index (κ2) is 11.8. The molecule has 0 unspecified atom stereocenters. The maximum Gasteiger partial charge on any atom is 0.243 e. The number of aliphatic imine (C=N–C) groups is 1. The summed E-state index contributed by atoms with van der Waals surface area (Å²) in [6, 6.07) is 10.6. The number of aryl methyl sites for hydroxylation is 1. The van der Waals surface area contributed by atoms with E-state index in [1.807, 2.05) is 0 Å². The maximum atomic E-state index is 11.8. The highest BCUT2D eigenvalue weighted by atomic mass is 127. The zero-order valence-electron chi connectivity index (χ0n) is 16.7. The van der Waals surface area contributed by atoms with Crippen LogP contribution in [0.2, 0.25) is 0 Å². The first-order chi connectivity index (χ1) is 12.5. The fraction of sp³-hybridized carbons (Fsp3) is 0.500. The average Bonchev–Trinajstić information content (AvgIpc) is 3.03. The van der Waals surface area contributed by atoms with E-state index in [1.165, 1.54) is 10.9 Å². The van der Waals surface area contributed by atoms with Gasteiger partial charge in [-0.3, -0.25) is 4.79 Å². The molecule has 0 spiro atoms. The van der Waals surface area contributed by atoms with E-state index in [0.717, 1.165) is 26.1 Å². The van der Waals surface area contributed by atoms with Crippen molar-refractivity contribution >= 4 is 46.7 Å². The van der Waals surface area contributed by atoms with Crippen LogP contribution in [-0.2, 0) is 11.3 Å². The van der Waals surface area contributed by atoms with E-state index in [1.54, 1.807) is 19.0 Å². The van der Waals surface area contributed by atoms with E-state index >= 15 is 0 Å². The topological polar surface area (TPSA) is 61.7 Å². The predicted molar refractivity (Wildman–Crippen MR) is 124 cm³/mol. The molecule has 150 valence electrons.